The van der Waals surface area contributed by atoms with Gasteiger partial charge in [-0.2, -0.15) is 0 Å². The Balaban J connectivity index is 1.99. The molecular weight excluding hydrogens is 325 g/mol. The number of thiazole rings is 1. The van der Waals surface area contributed by atoms with Crippen molar-refractivity contribution < 1.29 is 23.5 Å². The molecule has 7 nitrogen and oxygen atoms in total. The lowest BCUT2D eigenvalue weighted by atomic mass is 10.3. The van der Waals surface area contributed by atoms with E-state index in [1.165, 1.54) is 23.6 Å². The molecule has 0 saturated heterocycles. The van der Waals surface area contributed by atoms with E-state index in [2.05, 4.69) is 20.4 Å². The molecule has 23 heavy (non-hydrogen) atoms. The van der Waals surface area contributed by atoms with E-state index < -0.39 is 23.6 Å². The number of ketones is 1. The summed E-state index contributed by atoms with van der Waals surface area (Å²) < 4.78 is 18.0. The predicted molar refractivity (Wildman–Crippen MR) is 82.1 cm³/mol. The van der Waals surface area contributed by atoms with E-state index >= 15 is 0 Å². The van der Waals surface area contributed by atoms with Gasteiger partial charge in [-0.3, -0.25) is 10.1 Å². The summed E-state index contributed by atoms with van der Waals surface area (Å²) >= 11 is 0.951. The quantitative estimate of drug-likeness (QED) is 0.497. The van der Waals surface area contributed by atoms with Gasteiger partial charge in [0.2, 0.25) is 0 Å². The zero-order valence-corrected chi connectivity index (χ0v) is 12.8. The SMILES string of the molecule is CCOC(=O)C(=O)c1csc(NC(=O)Nc2ccccc2F)n1. The minimum atomic E-state index is -1.01. The van der Waals surface area contributed by atoms with Gasteiger partial charge in [0.25, 0.3) is 5.78 Å². The minimum absolute atomic E-state index is 0.00406. The molecule has 1 aromatic carbocycles. The highest BCUT2D eigenvalue weighted by molar-refractivity contribution is 7.14. The van der Waals surface area contributed by atoms with Gasteiger partial charge in [-0.05, 0) is 19.1 Å². The summed E-state index contributed by atoms with van der Waals surface area (Å²) in [6, 6.07) is 4.94. The summed E-state index contributed by atoms with van der Waals surface area (Å²) in [5, 5.41) is 6.06. The first-order valence-corrected chi connectivity index (χ1v) is 7.38. The summed E-state index contributed by atoms with van der Waals surface area (Å²) in [5.41, 5.74) is -0.126. The van der Waals surface area contributed by atoms with Crippen molar-refractivity contribution >= 4 is 39.9 Å². The number of para-hydroxylation sites is 1. The maximum Gasteiger partial charge on any atom is 0.381 e. The first-order chi connectivity index (χ1) is 11.0. The van der Waals surface area contributed by atoms with Crippen LogP contribution >= 0.6 is 11.3 Å². The molecule has 120 valence electrons. The number of carbonyl (C=O) groups excluding carboxylic acids is 3. The summed E-state index contributed by atoms with van der Waals surface area (Å²) in [6.45, 7) is 1.65. The molecule has 2 rings (SSSR count). The second-order valence-corrected chi connectivity index (χ2v) is 5.00. The van der Waals surface area contributed by atoms with Gasteiger partial charge in [0.05, 0.1) is 12.3 Å². The number of aromatic nitrogens is 1. The van der Waals surface area contributed by atoms with E-state index in [0.29, 0.717) is 0 Å². The Hall–Kier alpha value is -2.81. The lowest BCUT2D eigenvalue weighted by Gasteiger charge is -2.05. The van der Waals surface area contributed by atoms with Crippen LogP contribution in [0.1, 0.15) is 17.4 Å². The van der Waals surface area contributed by atoms with Crippen molar-refractivity contribution in [2.24, 2.45) is 0 Å². The van der Waals surface area contributed by atoms with Crippen LogP contribution in [0.3, 0.4) is 0 Å². The van der Waals surface area contributed by atoms with Crippen molar-refractivity contribution in [3.63, 3.8) is 0 Å². The standard InChI is InChI=1S/C14H12FN3O4S/c1-2-22-12(20)11(19)10-7-23-14(17-10)18-13(21)16-9-6-4-3-5-8(9)15/h3-7H,2H2,1H3,(H2,16,17,18,21). The third kappa shape index (κ3) is 4.33. The van der Waals surface area contributed by atoms with E-state index in [4.69, 9.17) is 0 Å². The van der Waals surface area contributed by atoms with E-state index in [1.807, 2.05) is 0 Å². The van der Waals surface area contributed by atoms with E-state index in [0.717, 1.165) is 11.3 Å². The molecule has 2 aromatic rings. The average molecular weight is 337 g/mol. The van der Waals surface area contributed by atoms with Crippen LogP contribution in [0.4, 0.5) is 20.0 Å². The number of anilines is 2. The van der Waals surface area contributed by atoms with Crippen molar-refractivity contribution in [1.29, 1.82) is 0 Å². The maximum atomic E-state index is 13.4. The molecule has 0 atom stereocenters. The first kappa shape index (κ1) is 16.6. The molecule has 0 aliphatic carbocycles. The maximum absolute atomic E-state index is 13.4. The Kier molecular flexibility index (Phi) is 5.36. The smallest absolute Gasteiger partial charge is 0.381 e. The number of carbonyl (C=O) groups is 3. The zero-order valence-electron chi connectivity index (χ0n) is 12.0. The van der Waals surface area contributed by atoms with Gasteiger partial charge in [0.1, 0.15) is 11.5 Å². The number of ether oxygens (including phenoxy) is 1. The summed E-state index contributed by atoms with van der Waals surface area (Å²) in [7, 11) is 0. The third-order valence-corrected chi connectivity index (χ3v) is 3.30. The van der Waals surface area contributed by atoms with Gasteiger partial charge in [-0.15, -0.1) is 11.3 Å². The zero-order chi connectivity index (χ0) is 16.8. The van der Waals surface area contributed by atoms with Crippen molar-refractivity contribution in [2.45, 2.75) is 6.92 Å². The number of esters is 1. The van der Waals surface area contributed by atoms with Crippen LogP contribution in [-0.2, 0) is 9.53 Å². The van der Waals surface area contributed by atoms with Gasteiger partial charge < -0.3 is 10.1 Å². The van der Waals surface area contributed by atoms with Gasteiger partial charge in [0, 0.05) is 5.38 Å². The third-order valence-electron chi connectivity index (χ3n) is 2.54. The number of Topliss-reactive ketones (excluding diaryl/α,β-unsaturated/α-hetero) is 1. The van der Waals surface area contributed by atoms with E-state index in [1.54, 1.807) is 13.0 Å². The van der Waals surface area contributed by atoms with Gasteiger partial charge in [-0.25, -0.2) is 19.0 Å². The Morgan fingerprint density at radius 2 is 2.00 bits per heavy atom. The topological polar surface area (TPSA) is 97.4 Å². The molecule has 9 heteroatoms. The number of benzene rings is 1. The number of nitrogens with one attached hydrogen (secondary N) is 2. The lowest BCUT2D eigenvalue weighted by Crippen LogP contribution is -2.21. The molecule has 2 amide bonds. The van der Waals surface area contributed by atoms with E-state index in [-0.39, 0.29) is 23.1 Å². The number of nitrogens with zero attached hydrogens (tertiary/aromatic N) is 1. The van der Waals surface area contributed by atoms with Gasteiger partial charge >= 0.3 is 12.0 Å². The fourth-order valence-corrected chi connectivity index (χ4v) is 2.24. The van der Waals surface area contributed by atoms with Crippen molar-refractivity contribution in [2.75, 3.05) is 17.2 Å². The summed E-state index contributed by atoms with van der Waals surface area (Å²) in [5.74, 6) is -2.49. The number of urea groups is 1. The summed E-state index contributed by atoms with van der Waals surface area (Å²) in [6.07, 6.45) is 0. The highest BCUT2D eigenvalue weighted by Gasteiger charge is 2.21. The number of hydrogen-bond acceptors (Lipinski definition) is 6. The predicted octanol–water partition coefficient (Wildman–Crippen LogP) is 2.67. The summed E-state index contributed by atoms with van der Waals surface area (Å²) in [4.78, 5) is 38.5. The molecule has 1 aromatic heterocycles. The molecule has 0 unspecified atom stereocenters. The lowest BCUT2D eigenvalue weighted by molar-refractivity contribution is -0.137. The second kappa shape index (κ2) is 7.45. The van der Waals surface area contributed by atoms with Crippen LogP contribution in [0.25, 0.3) is 0 Å². The normalized spacial score (nSPS) is 10.0. The van der Waals surface area contributed by atoms with Crippen molar-refractivity contribution in [1.82, 2.24) is 4.98 Å². The fourth-order valence-electron chi connectivity index (χ4n) is 1.55. The van der Waals surface area contributed by atoms with E-state index in [9.17, 15) is 18.8 Å². The molecule has 2 N–H and O–H groups in total. The minimum Gasteiger partial charge on any atom is -0.460 e. The number of halogens is 1. The number of rotatable bonds is 5. The Bertz CT molecular complexity index is 747. The van der Waals surface area contributed by atoms with Crippen molar-refractivity contribution in [3.05, 3.63) is 41.2 Å². The van der Waals surface area contributed by atoms with Crippen LogP contribution in [0.5, 0.6) is 0 Å². The van der Waals surface area contributed by atoms with Gasteiger partial charge in [0.15, 0.2) is 5.13 Å². The van der Waals surface area contributed by atoms with Crippen LogP contribution in [-0.4, -0.2) is 29.4 Å². The monoisotopic (exact) mass is 337 g/mol. The highest BCUT2D eigenvalue weighted by atomic mass is 32.1. The average Bonchev–Trinajstić information content (AvgIpc) is 2.97. The largest absolute Gasteiger partial charge is 0.460 e. The molecule has 0 aliphatic rings. The molecule has 0 bridgehead atoms. The molecule has 1 heterocycles. The van der Waals surface area contributed by atoms with Crippen molar-refractivity contribution in [3.8, 4) is 0 Å². The molecule has 0 saturated carbocycles. The Morgan fingerprint density at radius 3 is 2.70 bits per heavy atom. The Labute approximate surface area is 134 Å². The van der Waals surface area contributed by atoms with Crippen LogP contribution < -0.4 is 10.6 Å². The first-order valence-electron chi connectivity index (χ1n) is 6.50. The molecular formula is C14H12FN3O4S. The Morgan fingerprint density at radius 1 is 1.26 bits per heavy atom. The fraction of sp³-hybridized carbons (Fsp3) is 0.143. The molecule has 0 fully saturated rings. The molecule has 0 radical (unpaired) electrons. The highest BCUT2D eigenvalue weighted by Crippen LogP contribution is 2.17. The number of amides is 2. The van der Waals surface area contributed by atoms with Crippen LogP contribution in [0.15, 0.2) is 29.6 Å². The molecule has 0 spiro atoms. The van der Waals surface area contributed by atoms with Crippen LogP contribution in [0.2, 0.25) is 0 Å². The second-order valence-electron chi connectivity index (χ2n) is 4.15. The van der Waals surface area contributed by atoms with Crippen LogP contribution in [0, 0.1) is 5.82 Å². The molecule has 0 aliphatic heterocycles. The van der Waals surface area contributed by atoms with Gasteiger partial charge in [-0.1, -0.05) is 12.1 Å². The number of hydrogen-bond donors (Lipinski definition) is 2.